The Hall–Kier alpha value is -2.10. The van der Waals surface area contributed by atoms with E-state index in [1.807, 2.05) is 42.5 Å². The van der Waals surface area contributed by atoms with Gasteiger partial charge in [0, 0.05) is 19.4 Å². The zero-order chi connectivity index (χ0) is 16.0. The lowest BCUT2D eigenvalue weighted by molar-refractivity contribution is -0.140. The minimum absolute atomic E-state index is 0.0747. The molecule has 0 saturated heterocycles. The molecule has 1 aromatic rings. The van der Waals surface area contributed by atoms with Crippen LogP contribution in [0.4, 0.5) is 0 Å². The molecule has 0 aromatic heterocycles. The van der Waals surface area contributed by atoms with Gasteiger partial charge in [-0.15, -0.1) is 0 Å². The molecule has 1 rings (SSSR count). The minimum atomic E-state index is -0.164. The lowest BCUT2D eigenvalue weighted by atomic mass is 10.1. The number of nitrogens with one attached hydrogen (secondary N) is 1. The Labute approximate surface area is 132 Å². The van der Waals surface area contributed by atoms with Gasteiger partial charge >= 0.3 is 5.97 Å². The number of amides is 1. The van der Waals surface area contributed by atoms with Gasteiger partial charge in [0.05, 0.1) is 7.11 Å². The van der Waals surface area contributed by atoms with Crippen molar-refractivity contribution in [1.82, 2.24) is 5.32 Å². The second-order valence-electron chi connectivity index (χ2n) is 5.11. The minimum Gasteiger partial charge on any atom is -0.469 e. The molecular formula is C18H25NO3. The molecule has 0 atom stereocenters. The molecule has 1 aromatic carbocycles. The van der Waals surface area contributed by atoms with Crippen molar-refractivity contribution in [2.75, 3.05) is 13.7 Å². The van der Waals surface area contributed by atoms with Crippen LogP contribution in [0.25, 0.3) is 6.08 Å². The first-order valence-electron chi connectivity index (χ1n) is 7.77. The van der Waals surface area contributed by atoms with Gasteiger partial charge in [0.25, 0.3) is 0 Å². The normalized spacial score (nSPS) is 10.6. The number of rotatable bonds is 10. The van der Waals surface area contributed by atoms with Crippen LogP contribution in [-0.2, 0) is 14.3 Å². The van der Waals surface area contributed by atoms with Gasteiger partial charge < -0.3 is 10.1 Å². The molecule has 4 nitrogen and oxygen atoms in total. The highest BCUT2D eigenvalue weighted by Gasteiger charge is 2.01. The molecular weight excluding hydrogens is 278 g/mol. The van der Waals surface area contributed by atoms with Gasteiger partial charge in [0.2, 0.25) is 5.91 Å². The molecule has 0 aliphatic carbocycles. The highest BCUT2D eigenvalue weighted by Crippen LogP contribution is 2.06. The average molecular weight is 303 g/mol. The van der Waals surface area contributed by atoms with E-state index in [9.17, 15) is 9.59 Å². The Morgan fingerprint density at radius 2 is 1.73 bits per heavy atom. The number of ether oxygens (including phenoxy) is 1. The van der Waals surface area contributed by atoms with Crippen LogP contribution in [-0.4, -0.2) is 25.5 Å². The van der Waals surface area contributed by atoms with Gasteiger partial charge in [-0.3, -0.25) is 9.59 Å². The van der Waals surface area contributed by atoms with Crippen molar-refractivity contribution >= 4 is 18.0 Å². The summed E-state index contributed by atoms with van der Waals surface area (Å²) in [5.41, 5.74) is 1.13. The van der Waals surface area contributed by atoms with Crippen molar-refractivity contribution in [3.05, 3.63) is 42.0 Å². The van der Waals surface area contributed by atoms with Gasteiger partial charge in [-0.25, -0.2) is 0 Å². The Bertz CT molecular complexity index is 468. The van der Waals surface area contributed by atoms with E-state index in [0.29, 0.717) is 19.4 Å². The topological polar surface area (TPSA) is 55.4 Å². The monoisotopic (exact) mass is 303 g/mol. The van der Waals surface area contributed by atoms with E-state index in [-0.39, 0.29) is 11.9 Å². The summed E-state index contributed by atoms with van der Waals surface area (Å²) in [5.74, 6) is -0.0892. The first kappa shape index (κ1) is 18.0. The first-order chi connectivity index (χ1) is 10.7. The summed E-state index contributed by atoms with van der Waals surface area (Å²) in [7, 11) is 1.40. The van der Waals surface area contributed by atoms with E-state index in [1.165, 1.54) is 7.11 Å². The molecule has 0 spiro atoms. The number of carbonyl (C=O) groups is 2. The third kappa shape index (κ3) is 8.95. The molecule has 0 bridgehead atoms. The zero-order valence-corrected chi connectivity index (χ0v) is 13.2. The fraction of sp³-hybridized carbons (Fsp3) is 0.444. The highest BCUT2D eigenvalue weighted by molar-refractivity contribution is 5.76. The number of unbranched alkanes of at least 4 members (excludes halogenated alkanes) is 3. The molecule has 22 heavy (non-hydrogen) atoms. The van der Waals surface area contributed by atoms with Crippen molar-refractivity contribution in [2.45, 2.75) is 38.5 Å². The lowest BCUT2D eigenvalue weighted by Crippen LogP contribution is -2.22. The summed E-state index contributed by atoms with van der Waals surface area (Å²) in [6, 6.07) is 9.99. The zero-order valence-electron chi connectivity index (χ0n) is 13.2. The van der Waals surface area contributed by atoms with Crippen LogP contribution in [0.2, 0.25) is 0 Å². The molecule has 120 valence electrons. The highest BCUT2D eigenvalue weighted by atomic mass is 16.5. The lowest BCUT2D eigenvalue weighted by Gasteiger charge is -2.03. The van der Waals surface area contributed by atoms with Crippen molar-refractivity contribution in [3.8, 4) is 0 Å². The third-order valence-corrected chi connectivity index (χ3v) is 3.29. The van der Waals surface area contributed by atoms with E-state index in [4.69, 9.17) is 0 Å². The summed E-state index contributed by atoms with van der Waals surface area (Å²) < 4.78 is 4.57. The largest absolute Gasteiger partial charge is 0.469 e. The van der Waals surface area contributed by atoms with Crippen molar-refractivity contribution in [2.24, 2.45) is 0 Å². The van der Waals surface area contributed by atoms with Crippen molar-refractivity contribution in [3.63, 3.8) is 0 Å². The number of carbonyl (C=O) groups excluding carboxylic acids is 2. The average Bonchev–Trinajstić information content (AvgIpc) is 2.55. The van der Waals surface area contributed by atoms with Gasteiger partial charge in [-0.2, -0.15) is 0 Å². The molecule has 0 aliphatic heterocycles. The number of benzene rings is 1. The van der Waals surface area contributed by atoms with Crippen LogP contribution in [0, 0.1) is 0 Å². The Morgan fingerprint density at radius 1 is 1.05 bits per heavy atom. The molecule has 1 N–H and O–H groups in total. The maximum Gasteiger partial charge on any atom is 0.305 e. The summed E-state index contributed by atoms with van der Waals surface area (Å²) in [4.78, 5) is 22.5. The van der Waals surface area contributed by atoms with Gasteiger partial charge in [-0.1, -0.05) is 55.3 Å². The van der Waals surface area contributed by atoms with Crippen molar-refractivity contribution < 1.29 is 14.3 Å². The van der Waals surface area contributed by atoms with E-state index < -0.39 is 0 Å². The van der Waals surface area contributed by atoms with Gasteiger partial charge in [-0.05, 0) is 18.4 Å². The number of esters is 1. The van der Waals surface area contributed by atoms with Crippen LogP contribution >= 0.6 is 0 Å². The number of methoxy groups -OCH3 is 1. The van der Waals surface area contributed by atoms with Crippen LogP contribution in [0.5, 0.6) is 0 Å². The molecule has 4 heteroatoms. The predicted molar refractivity (Wildman–Crippen MR) is 88.2 cm³/mol. The van der Waals surface area contributed by atoms with Crippen molar-refractivity contribution in [1.29, 1.82) is 0 Å². The van der Waals surface area contributed by atoms with E-state index in [1.54, 1.807) is 0 Å². The fourth-order valence-corrected chi connectivity index (χ4v) is 2.03. The predicted octanol–water partition coefficient (Wildman–Crippen LogP) is 3.33. The molecule has 0 heterocycles. The molecule has 1 amide bonds. The van der Waals surface area contributed by atoms with E-state index >= 15 is 0 Å². The Morgan fingerprint density at radius 3 is 2.41 bits per heavy atom. The van der Waals surface area contributed by atoms with Crippen LogP contribution in [0.1, 0.15) is 44.1 Å². The standard InChI is InChI=1S/C18H25NO3/c1-22-18(21)14-8-3-2-7-13-17(20)19-15-9-12-16-10-5-4-6-11-16/h4-6,9-12H,2-3,7-8,13-15H2,1H3,(H,19,20). The Kier molecular flexibility index (Phi) is 9.42. The number of hydrogen-bond acceptors (Lipinski definition) is 3. The number of hydrogen-bond donors (Lipinski definition) is 1. The third-order valence-electron chi connectivity index (χ3n) is 3.29. The van der Waals surface area contributed by atoms with Crippen LogP contribution in [0.15, 0.2) is 36.4 Å². The summed E-state index contributed by atoms with van der Waals surface area (Å²) in [6.45, 7) is 0.552. The van der Waals surface area contributed by atoms with Crippen LogP contribution < -0.4 is 5.32 Å². The molecule has 0 saturated carbocycles. The molecule has 0 radical (unpaired) electrons. The smallest absolute Gasteiger partial charge is 0.305 e. The summed E-state index contributed by atoms with van der Waals surface area (Å²) in [6.07, 6.45) is 8.55. The maximum absolute atomic E-state index is 11.6. The Balaban J connectivity index is 2.00. The first-order valence-corrected chi connectivity index (χ1v) is 7.77. The van der Waals surface area contributed by atoms with Gasteiger partial charge in [0.1, 0.15) is 0 Å². The summed E-state index contributed by atoms with van der Waals surface area (Å²) in [5, 5.41) is 2.87. The van der Waals surface area contributed by atoms with Crippen LogP contribution in [0.3, 0.4) is 0 Å². The van der Waals surface area contributed by atoms with E-state index in [0.717, 1.165) is 31.2 Å². The van der Waals surface area contributed by atoms with Gasteiger partial charge in [0.15, 0.2) is 0 Å². The second kappa shape index (κ2) is 11.5. The molecule has 0 fully saturated rings. The molecule has 0 unspecified atom stereocenters. The second-order valence-corrected chi connectivity index (χ2v) is 5.11. The fourth-order valence-electron chi connectivity index (χ4n) is 2.03. The van der Waals surface area contributed by atoms with E-state index in [2.05, 4.69) is 10.1 Å². The maximum atomic E-state index is 11.6. The summed E-state index contributed by atoms with van der Waals surface area (Å²) >= 11 is 0. The SMILES string of the molecule is COC(=O)CCCCCCC(=O)NCC=Cc1ccccc1. The molecule has 0 aliphatic rings. The quantitative estimate of drug-likeness (QED) is 0.533.